The first-order valence-electron chi connectivity index (χ1n) is 3.43. The van der Waals surface area contributed by atoms with Crippen molar-refractivity contribution in [3.63, 3.8) is 0 Å². The van der Waals surface area contributed by atoms with Crippen LogP contribution in [0.2, 0.25) is 0 Å². The van der Waals surface area contributed by atoms with Gasteiger partial charge < -0.3 is 5.73 Å². The molecule has 2 N–H and O–H groups in total. The maximum absolute atomic E-state index is 8.61. The van der Waals surface area contributed by atoms with E-state index in [1.807, 2.05) is 19.1 Å². The Hall–Kier alpha value is -1.56. The minimum absolute atomic E-state index is 0.402. The molecule has 0 amide bonds. The molecule has 0 unspecified atom stereocenters. The molecular weight excluding hydrogens is 138 g/mol. The van der Waals surface area contributed by atoms with Gasteiger partial charge in [0.2, 0.25) is 0 Å². The summed E-state index contributed by atoms with van der Waals surface area (Å²) in [6.45, 7) is 1.98. The molecule has 0 radical (unpaired) electrons. The molecule has 3 heteroatoms. The predicted molar refractivity (Wildman–Crippen MR) is 42.7 cm³/mol. The van der Waals surface area contributed by atoms with Gasteiger partial charge in [0.15, 0.2) is 0 Å². The van der Waals surface area contributed by atoms with Crippen molar-refractivity contribution < 1.29 is 0 Å². The van der Waals surface area contributed by atoms with E-state index in [0.717, 1.165) is 12.0 Å². The molecule has 56 valence electrons. The van der Waals surface area contributed by atoms with Gasteiger partial charge in [0, 0.05) is 0 Å². The molecule has 0 aliphatic heterocycles. The summed E-state index contributed by atoms with van der Waals surface area (Å²) >= 11 is 0. The zero-order valence-corrected chi connectivity index (χ0v) is 6.33. The maximum atomic E-state index is 8.61. The van der Waals surface area contributed by atoms with Crippen LogP contribution >= 0.6 is 0 Å². The van der Waals surface area contributed by atoms with E-state index in [2.05, 4.69) is 4.98 Å². The van der Waals surface area contributed by atoms with Gasteiger partial charge in [-0.15, -0.1) is 0 Å². The minimum atomic E-state index is 0.402. The van der Waals surface area contributed by atoms with Crippen molar-refractivity contribution in [3.05, 3.63) is 23.4 Å². The fraction of sp³-hybridized carbons (Fsp3) is 0.250. The Labute approximate surface area is 65.5 Å². The molecule has 0 saturated carbocycles. The molecule has 0 bridgehead atoms. The molecular formula is C8H9N3. The van der Waals surface area contributed by atoms with E-state index >= 15 is 0 Å². The number of rotatable bonds is 1. The van der Waals surface area contributed by atoms with E-state index in [1.165, 1.54) is 0 Å². The number of nitrogens with two attached hydrogens (primary N) is 1. The summed E-state index contributed by atoms with van der Waals surface area (Å²) in [7, 11) is 0. The van der Waals surface area contributed by atoms with Crippen LogP contribution in [0.15, 0.2) is 12.1 Å². The molecule has 1 rings (SSSR count). The van der Waals surface area contributed by atoms with Crippen molar-refractivity contribution in [1.29, 1.82) is 5.26 Å². The van der Waals surface area contributed by atoms with Gasteiger partial charge >= 0.3 is 0 Å². The van der Waals surface area contributed by atoms with E-state index in [-0.39, 0.29) is 0 Å². The quantitative estimate of drug-likeness (QED) is 0.646. The Kier molecular flexibility index (Phi) is 2.07. The molecule has 3 nitrogen and oxygen atoms in total. The first-order valence-corrected chi connectivity index (χ1v) is 3.43. The molecule has 0 fully saturated rings. The Bertz CT molecular complexity index is 299. The standard InChI is InChI=1S/C8H9N3/c1-2-6-3-4-8(10)11-7(6)5-9/h3-4H,2H2,1H3,(H2,10,11). The van der Waals surface area contributed by atoms with Gasteiger partial charge in [0.05, 0.1) is 0 Å². The van der Waals surface area contributed by atoms with Crippen LogP contribution in [0.1, 0.15) is 18.2 Å². The SMILES string of the molecule is CCc1ccc(N)nc1C#N. The van der Waals surface area contributed by atoms with E-state index in [4.69, 9.17) is 11.0 Å². The molecule has 0 aliphatic rings. The Morgan fingerprint density at radius 1 is 1.64 bits per heavy atom. The third-order valence-corrected chi connectivity index (χ3v) is 1.49. The number of aryl methyl sites for hydroxylation is 1. The van der Waals surface area contributed by atoms with Crippen LogP contribution in [0, 0.1) is 11.3 Å². The van der Waals surface area contributed by atoms with Crippen molar-refractivity contribution in [1.82, 2.24) is 4.98 Å². The zero-order chi connectivity index (χ0) is 8.27. The molecule has 11 heavy (non-hydrogen) atoms. The number of hydrogen-bond donors (Lipinski definition) is 1. The highest BCUT2D eigenvalue weighted by Gasteiger charge is 2.00. The van der Waals surface area contributed by atoms with Gasteiger partial charge in [-0.3, -0.25) is 0 Å². The number of pyridine rings is 1. The van der Waals surface area contributed by atoms with Crippen LogP contribution in [0.5, 0.6) is 0 Å². The van der Waals surface area contributed by atoms with Crippen molar-refractivity contribution >= 4 is 5.82 Å². The fourth-order valence-corrected chi connectivity index (χ4v) is 0.885. The second kappa shape index (κ2) is 3.02. The molecule has 1 aromatic heterocycles. The Morgan fingerprint density at radius 2 is 2.36 bits per heavy atom. The molecule has 0 saturated heterocycles. The topological polar surface area (TPSA) is 62.7 Å². The van der Waals surface area contributed by atoms with Crippen LogP contribution in [0.3, 0.4) is 0 Å². The summed E-state index contributed by atoms with van der Waals surface area (Å²) in [5, 5.41) is 8.61. The zero-order valence-electron chi connectivity index (χ0n) is 6.33. The summed E-state index contributed by atoms with van der Waals surface area (Å²) < 4.78 is 0. The van der Waals surface area contributed by atoms with Gasteiger partial charge in [-0.1, -0.05) is 13.0 Å². The van der Waals surface area contributed by atoms with Crippen LogP contribution in [0.4, 0.5) is 5.82 Å². The van der Waals surface area contributed by atoms with Gasteiger partial charge in [-0.05, 0) is 18.1 Å². The molecule has 0 atom stereocenters. The summed E-state index contributed by atoms with van der Waals surface area (Å²) in [4.78, 5) is 3.88. The van der Waals surface area contributed by atoms with E-state index in [0.29, 0.717) is 11.5 Å². The second-order valence-electron chi connectivity index (χ2n) is 2.21. The fourth-order valence-electron chi connectivity index (χ4n) is 0.885. The van der Waals surface area contributed by atoms with Crippen molar-refractivity contribution in [2.75, 3.05) is 5.73 Å². The Morgan fingerprint density at radius 3 is 2.91 bits per heavy atom. The van der Waals surface area contributed by atoms with Crippen LogP contribution < -0.4 is 5.73 Å². The van der Waals surface area contributed by atoms with Crippen LogP contribution in [0.25, 0.3) is 0 Å². The van der Waals surface area contributed by atoms with Crippen molar-refractivity contribution in [2.45, 2.75) is 13.3 Å². The third-order valence-electron chi connectivity index (χ3n) is 1.49. The summed E-state index contributed by atoms with van der Waals surface area (Å²) in [5.41, 5.74) is 6.78. The number of aromatic nitrogens is 1. The smallest absolute Gasteiger partial charge is 0.146 e. The van der Waals surface area contributed by atoms with Gasteiger partial charge in [0.25, 0.3) is 0 Å². The molecule has 0 aromatic carbocycles. The largest absolute Gasteiger partial charge is 0.384 e. The van der Waals surface area contributed by atoms with Crippen molar-refractivity contribution in [3.8, 4) is 6.07 Å². The molecule has 1 heterocycles. The van der Waals surface area contributed by atoms with E-state index in [1.54, 1.807) is 6.07 Å². The average Bonchev–Trinajstić information content (AvgIpc) is 2.04. The van der Waals surface area contributed by atoms with Crippen LogP contribution in [-0.2, 0) is 6.42 Å². The number of nitriles is 1. The molecule has 0 spiro atoms. The average molecular weight is 147 g/mol. The normalized spacial score (nSPS) is 9.09. The lowest BCUT2D eigenvalue weighted by molar-refractivity contribution is 1.08. The molecule has 0 aliphatic carbocycles. The maximum Gasteiger partial charge on any atom is 0.146 e. The van der Waals surface area contributed by atoms with Gasteiger partial charge in [-0.2, -0.15) is 5.26 Å². The van der Waals surface area contributed by atoms with Gasteiger partial charge in [-0.25, -0.2) is 4.98 Å². The monoisotopic (exact) mass is 147 g/mol. The summed E-state index contributed by atoms with van der Waals surface area (Å²) in [6, 6.07) is 5.54. The lowest BCUT2D eigenvalue weighted by Gasteiger charge is -1.98. The van der Waals surface area contributed by atoms with Crippen molar-refractivity contribution in [2.24, 2.45) is 0 Å². The summed E-state index contributed by atoms with van der Waals surface area (Å²) in [5.74, 6) is 0.402. The highest BCUT2D eigenvalue weighted by atomic mass is 14.8. The second-order valence-corrected chi connectivity index (χ2v) is 2.21. The highest BCUT2D eigenvalue weighted by molar-refractivity contribution is 5.39. The first kappa shape index (κ1) is 7.55. The first-order chi connectivity index (χ1) is 5.27. The number of anilines is 1. The lowest BCUT2D eigenvalue weighted by atomic mass is 10.1. The van der Waals surface area contributed by atoms with Gasteiger partial charge in [0.1, 0.15) is 17.6 Å². The number of nitrogens with zero attached hydrogens (tertiary/aromatic N) is 2. The van der Waals surface area contributed by atoms with E-state index in [9.17, 15) is 0 Å². The molecule has 1 aromatic rings. The lowest BCUT2D eigenvalue weighted by Crippen LogP contribution is -1.96. The van der Waals surface area contributed by atoms with E-state index < -0.39 is 0 Å². The Balaban J connectivity index is 3.19. The predicted octanol–water partition coefficient (Wildman–Crippen LogP) is 1.10. The third kappa shape index (κ3) is 1.47. The minimum Gasteiger partial charge on any atom is -0.384 e. The number of nitrogen functional groups attached to an aromatic ring is 1. The summed E-state index contributed by atoms with van der Waals surface area (Å²) in [6.07, 6.45) is 0.816. The number of hydrogen-bond acceptors (Lipinski definition) is 3. The van der Waals surface area contributed by atoms with Crippen LogP contribution in [-0.4, -0.2) is 4.98 Å². The highest BCUT2D eigenvalue weighted by Crippen LogP contribution is 2.07.